The van der Waals surface area contributed by atoms with Crippen LogP contribution < -0.4 is 19.5 Å². The lowest BCUT2D eigenvalue weighted by Crippen LogP contribution is -2.41. The maximum atomic E-state index is 12.7. The van der Waals surface area contributed by atoms with Gasteiger partial charge in [0.05, 0.1) is 7.11 Å². The smallest absolute Gasteiger partial charge is 0.328 e. The number of ether oxygens (including phenoxy) is 5. The molecular weight excluding hydrogens is 432 g/mol. The normalized spacial score (nSPS) is 12.2. The van der Waals surface area contributed by atoms with Crippen molar-refractivity contribution in [1.82, 2.24) is 10.3 Å². The molecule has 10 heteroatoms. The van der Waals surface area contributed by atoms with E-state index in [2.05, 4.69) is 10.3 Å². The van der Waals surface area contributed by atoms with Crippen LogP contribution in [-0.4, -0.2) is 55.5 Å². The minimum atomic E-state index is -0.974. The van der Waals surface area contributed by atoms with Gasteiger partial charge in [0.1, 0.15) is 24.5 Å². The van der Waals surface area contributed by atoms with Gasteiger partial charge < -0.3 is 29.0 Å². The largest absolute Gasteiger partial charge is 0.493 e. The standard InChI is InChI=1S/C23H28N2O8/c1-14-6-8-18(9-7-14)33-15(2)12-30-23(28)16(3)25-22(27)20-21(32-13-31-17(4)26)19(29-5)10-11-24-20/h6-11,15-16H,12-13H2,1-5H3,(H,25,27)/t15-,16-/m0/s1. The highest BCUT2D eigenvalue weighted by Gasteiger charge is 2.24. The van der Waals surface area contributed by atoms with Gasteiger partial charge in [0.2, 0.25) is 6.79 Å². The number of benzene rings is 1. The van der Waals surface area contributed by atoms with E-state index >= 15 is 0 Å². The fourth-order valence-electron chi connectivity index (χ4n) is 2.60. The van der Waals surface area contributed by atoms with Gasteiger partial charge in [-0.1, -0.05) is 17.7 Å². The number of aryl methyl sites for hydroxylation is 1. The lowest BCUT2D eigenvalue weighted by atomic mass is 10.2. The highest BCUT2D eigenvalue weighted by atomic mass is 16.7. The minimum Gasteiger partial charge on any atom is -0.493 e. The predicted molar refractivity (Wildman–Crippen MR) is 117 cm³/mol. The zero-order valence-electron chi connectivity index (χ0n) is 19.2. The summed E-state index contributed by atoms with van der Waals surface area (Å²) in [6, 6.07) is 8.01. The molecule has 10 nitrogen and oxygen atoms in total. The van der Waals surface area contributed by atoms with Crippen molar-refractivity contribution in [2.24, 2.45) is 0 Å². The molecule has 0 bridgehead atoms. The summed E-state index contributed by atoms with van der Waals surface area (Å²) in [6.45, 7) is 6.00. The van der Waals surface area contributed by atoms with Crippen molar-refractivity contribution in [3.63, 3.8) is 0 Å². The average molecular weight is 460 g/mol. The van der Waals surface area contributed by atoms with Gasteiger partial charge >= 0.3 is 11.9 Å². The first kappa shape index (κ1) is 25.4. The summed E-state index contributed by atoms with van der Waals surface area (Å²) in [6.07, 6.45) is 0.959. The summed E-state index contributed by atoms with van der Waals surface area (Å²) in [5.74, 6) is -1.05. The van der Waals surface area contributed by atoms with E-state index in [0.717, 1.165) is 5.56 Å². The van der Waals surface area contributed by atoms with Crippen LogP contribution in [0.15, 0.2) is 36.5 Å². The molecule has 0 aliphatic carbocycles. The van der Waals surface area contributed by atoms with E-state index < -0.39 is 30.7 Å². The van der Waals surface area contributed by atoms with Crippen LogP contribution in [0.5, 0.6) is 17.2 Å². The van der Waals surface area contributed by atoms with Crippen LogP contribution in [0.1, 0.15) is 36.8 Å². The number of aromatic nitrogens is 1. The Kier molecular flexibility index (Phi) is 9.46. The van der Waals surface area contributed by atoms with Crippen LogP contribution >= 0.6 is 0 Å². The highest BCUT2D eigenvalue weighted by molar-refractivity contribution is 5.98. The number of amides is 1. The Bertz CT molecular complexity index is 961. The second kappa shape index (κ2) is 12.3. The van der Waals surface area contributed by atoms with E-state index in [-0.39, 0.29) is 29.9 Å². The first-order valence-corrected chi connectivity index (χ1v) is 10.2. The number of methoxy groups -OCH3 is 1. The van der Waals surface area contributed by atoms with Crippen molar-refractivity contribution < 1.29 is 38.1 Å². The van der Waals surface area contributed by atoms with Crippen LogP contribution in [0.3, 0.4) is 0 Å². The number of esters is 2. The Balaban J connectivity index is 1.93. The summed E-state index contributed by atoms with van der Waals surface area (Å²) >= 11 is 0. The summed E-state index contributed by atoms with van der Waals surface area (Å²) < 4.78 is 26.2. The third-order valence-electron chi connectivity index (χ3n) is 4.29. The second-order valence-corrected chi connectivity index (χ2v) is 7.16. The number of carbonyl (C=O) groups excluding carboxylic acids is 3. The second-order valence-electron chi connectivity index (χ2n) is 7.16. The van der Waals surface area contributed by atoms with Crippen molar-refractivity contribution in [3.05, 3.63) is 47.8 Å². The summed E-state index contributed by atoms with van der Waals surface area (Å²) in [5, 5.41) is 2.51. The molecular formula is C23H28N2O8. The lowest BCUT2D eigenvalue weighted by molar-refractivity contribution is -0.148. The van der Waals surface area contributed by atoms with Crippen LogP contribution in [0.2, 0.25) is 0 Å². The van der Waals surface area contributed by atoms with Crippen LogP contribution in [-0.2, 0) is 19.1 Å². The highest BCUT2D eigenvalue weighted by Crippen LogP contribution is 2.29. The topological polar surface area (TPSA) is 122 Å². The van der Waals surface area contributed by atoms with Crippen molar-refractivity contribution in [2.75, 3.05) is 20.5 Å². The van der Waals surface area contributed by atoms with E-state index in [9.17, 15) is 14.4 Å². The van der Waals surface area contributed by atoms with Gasteiger partial charge in [0.15, 0.2) is 17.2 Å². The molecule has 0 radical (unpaired) electrons. The number of hydrogen-bond donors (Lipinski definition) is 1. The fraction of sp³-hybridized carbons (Fsp3) is 0.391. The molecule has 0 fully saturated rings. The molecule has 0 unspecified atom stereocenters. The van der Waals surface area contributed by atoms with Gasteiger partial charge in [-0.15, -0.1) is 0 Å². The molecule has 2 rings (SSSR count). The van der Waals surface area contributed by atoms with E-state index in [1.807, 2.05) is 31.2 Å². The Hall–Kier alpha value is -3.82. The molecule has 0 saturated carbocycles. The number of nitrogens with zero attached hydrogens (tertiary/aromatic N) is 1. The molecule has 33 heavy (non-hydrogen) atoms. The number of hydrogen-bond acceptors (Lipinski definition) is 9. The molecule has 2 atom stereocenters. The van der Waals surface area contributed by atoms with Crippen molar-refractivity contribution in [1.29, 1.82) is 0 Å². The number of pyridine rings is 1. The number of rotatable bonds is 11. The molecule has 1 N–H and O–H groups in total. The molecule has 0 aliphatic heterocycles. The quantitative estimate of drug-likeness (QED) is 0.398. The van der Waals surface area contributed by atoms with Crippen LogP contribution in [0.25, 0.3) is 0 Å². The van der Waals surface area contributed by atoms with E-state index in [0.29, 0.717) is 5.75 Å². The summed E-state index contributed by atoms with van der Waals surface area (Å²) in [5.41, 5.74) is 0.966. The predicted octanol–water partition coefficient (Wildman–Crippen LogP) is 2.43. The Morgan fingerprint density at radius 2 is 1.76 bits per heavy atom. The van der Waals surface area contributed by atoms with Crippen LogP contribution in [0, 0.1) is 6.92 Å². The fourth-order valence-corrected chi connectivity index (χ4v) is 2.60. The zero-order valence-corrected chi connectivity index (χ0v) is 19.2. The molecule has 1 aromatic carbocycles. The maximum Gasteiger partial charge on any atom is 0.328 e. The molecule has 1 aromatic heterocycles. The average Bonchev–Trinajstić information content (AvgIpc) is 2.78. The lowest BCUT2D eigenvalue weighted by Gasteiger charge is -2.18. The van der Waals surface area contributed by atoms with Gasteiger partial charge in [-0.2, -0.15) is 0 Å². The summed E-state index contributed by atoms with van der Waals surface area (Å²) in [7, 11) is 1.38. The van der Waals surface area contributed by atoms with Gasteiger partial charge in [-0.25, -0.2) is 9.78 Å². The molecule has 0 saturated heterocycles. The zero-order chi connectivity index (χ0) is 24.4. The van der Waals surface area contributed by atoms with Gasteiger partial charge in [0.25, 0.3) is 5.91 Å². The van der Waals surface area contributed by atoms with Gasteiger partial charge in [-0.05, 0) is 32.9 Å². The van der Waals surface area contributed by atoms with Gasteiger partial charge in [0, 0.05) is 19.2 Å². The summed E-state index contributed by atoms with van der Waals surface area (Å²) in [4.78, 5) is 40.0. The van der Waals surface area contributed by atoms with Crippen molar-refractivity contribution in [2.45, 2.75) is 39.8 Å². The maximum absolute atomic E-state index is 12.7. The van der Waals surface area contributed by atoms with E-state index in [1.54, 1.807) is 6.92 Å². The molecule has 0 spiro atoms. The van der Waals surface area contributed by atoms with E-state index in [4.69, 9.17) is 23.7 Å². The SMILES string of the molecule is COc1ccnc(C(=O)N[C@@H](C)C(=O)OC[C@H](C)Oc2ccc(C)cc2)c1OCOC(C)=O. The van der Waals surface area contributed by atoms with Crippen molar-refractivity contribution >= 4 is 17.8 Å². The monoisotopic (exact) mass is 460 g/mol. The van der Waals surface area contributed by atoms with E-state index in [1.165, 1.54) is 33.2 Å². The van der Waals surface area contributed by atoms with Gasteiger partial charge in [-0.3, -0.25) is 9.59 Å². The molecule has 1 heterocycles. The first-order valence-electron chi connectivity index (χ1n) is 10.2. The molecule has 0 aliphatic rings. The Labute approximate surface area is 192 Å². The third kappa shape index (κ3) is 7.99. The number of carbonyl (C=O) groups is 3. The molecule has 2 aromatic rings. The third-order valence-corrected chi connectivity index (χ3v) is 4.29. The molecule has 1 amide bonds. The Morgan fingerprint density at radius 1 is 1.06 bits per heavy atom. The minimum absolute atomic E-state index is 0.00107. The van der Waals surface area contributed by atoms with Crippen LogP contribution in [0.4, 0.5) is 0 Å². The number of nitrogens with one attached hydrogen (secondary N) is 1. The Morgan fingerprint density at radius 3 is 2.39 bits per heavy atom. The van der Waals surface area contributed by atoms with Crippen molar-refractivity contribution in [3.8, 4) is 17.2 Å². The molecule has 178 valence electrons. The first-order chi connectivity index (χ1) is 15.7.